The number of nitrogens with zero attached hydrogens (tertiary/aromatic N) is 1. The van der Waals surface area contributed by atoms with Gasteiger partial charge < -0.3 is 15.0 Å². The number of aromatic nitrogens is 2. The molecule has 0 radical (unpaired) electrons. The van der Waals surface area contributed by atoms with Crippen molar-refractivity contribution in [2.45, 2.75) is 19.9 Å². The maximum absolute atomic E-state index is 12.4. The van der Waals surface area contributed by atoms with Crippen LogP contribution >= 0.6 is 22.9 Å². The molecule has 0 fully saturated rings. The Morgan fingerprint density at radius 3 is 2.67 bits per heavy atom. The van der Waals surface area contributed by atoms with Crippen molar-refractivity contribution in [1.29, 1.82) is 0 Å². The number of halogens is 1. The lowest BCUT2D eigenvalue weighted by Gasteiger charge is -2.06. The second kappa shape index (κ2) is 7.89. The Kier molecular flexibility index (Phi) is 5.57. The smallest absolute Gasteiger partial charge is 0.348 e. The van der Waals surface area contributed by atoms with E-state index in [1.165, 1.54) is 7.11 Å². The summed E-state index contributed by atoms with van der Waals surface area (Å²) in [7, 11) is 1.25. The highest BCUT2D eigenvalue weighted by Gasteiger charge is 2.24. The van der Waals surface area contributed by atoms with Crippen LogP contribution in [0, 0.1) is 6.92 Å². The number of aromatic amines is 1. The summed E-state index contributed by atoms with van der Waals surface area (Å²) in [6, 6.07) is 7.08. The van der Waals surface area contributed by atoms with Crippen LogP contribution in [0.1, 0.15) is 26.6 Å². The van der Waals surface area contributed by atoms with Crippen molar-refractivity contribution >= 4 is 45.0 Å². The topological polar surface area (TPSA) is 101 Å². The normalized spacial score (nSPS) is 10.8. The van der Waals surface area contributed by atoms with Gasteiger partial charge in [-0.15, -0.1) is 11.3 Å². The van der Waals surface area contributed by atoms with Gasteiger partial charge in [0.25, 0.3) is 5.56 Å². The molecule has 3 rings (SSSR count). The monoisotopic (exact) mass is 405 g/mol. The standard InChI is InChI=1S/C18H16ClN3O4S/c1-9-21-16(24)14-12(15(18(25)26-2)27-17(14)22-9)7-13(23)20-8-10-3-5-11(19)6-4-10/h3-6H,7-8H2,1-2H3,(H,20,23)(H,21,22,24). The van der Waals surface area contributed by atoms with Crippen LogP contribution < -0.4 is 10.9 Å². The fourth-order valence-corrected chi connectivity index (χ4v) is 3.91. The molecule has 0 atom stereocenters. The highest BCUT2D eigenvalue weighted by molar-refractivity contribution is 7.20. The van der Waals surface area contributed by atoms with E-state index in [2.05, 4.69) is 15.3 Å². The lowest BCUT2D eigenvalue weighted by molar-refractivity contribution is -0.120. The number of fused-ring (bicyclic) bond motifs is 1. The molecule has 0 saturated heterocycles. The number of hydrogen-bond acceptors (Lipinski definition) is 6. The van der Waals surface area contributed by atoms with Crippen molar-refractivity contribution in [3.8, 4) is 0 Å². The van der Waals surface area contributed by atoms with Gasteiger partial charge in [0.2, 0.25) is 5.91 Å². The van der Waals surface area contributed by atoms with Gasteiger partial charge in [0.1, 0.15) is 15.5 Å². The predicted molar refractivity (Wildman–Crippen MR) is 103 cm³/mol. The summed E-state index contributed by atoms with van der Waals surface area (Å²) in [6.07, 6.45) is -0.133. The second-order valence-electron chi connectivity index (χ2n) is 5.81. The first-order valence-electron chi connectivity index (χ1n) is 8.00. The fraction of sp³-hybridized carbons (Fsp3) is 0.222. The van der Waals surface area contributed by atoms with Crippen LogP contribution in [0.4, 0.5) is 0 Å². The molecule has 0 bridgehead atoms. The molecule has 2 N–H and O–H groups in total. The van der Waals surface area contributed by atoms with Crippen LogP contribution in [0.3, 0.4) is 0 Å². The Morgan fingerprint density at radius 2 is 2.00 bits per heavy atom. The molecule has 7 nitrogen and oxygen atoms in total. The average Bonchev–Trinajstić information content (AvgIpc) is 2.98. The molecule has 0 unspecified atom stereocenters. The molecule has 9 heteroatoms. The quantitative estimate of drug-likeness (QED) is 0.635. The van der Waals surface area contributed by atoms with Gasteiger partial charge in [-0.1, -0.05) is 23.7 Å². The molecule has 140 valence electrons. The van der Waals surface area contributed by atoms with Gasteiger partial charge in [0.05, 0.1) is 18.9 Å². The highest BCUT2D eigenvalue weighted by Crippen LogP contribution is 2.29. The molecule has 0 aliphatic heterocycles. The zero-order valence-corrected chi connectivity index (χ0v) is 16.2. The Hall–Kier alpha value is -2.71. The first-order valence-corrected chi connectivity index (χ1v) is 9.20. The Morgan fingerprint density at radius 1 is 1.30 bits per heavy atom. The summed E-state index contributed by atoms with van der Waals surface area (Å²) < 4.78 is 4.79. The minimum absolute atomic E-state index is 0.133. The van der Waals surface area contributed by atoms with Gasteiger partial charge in [-0.3, -0.25) is 9.59 Å². The van der Waals surface area contributed by atoms with Crippen molar-refractivity contribution in [3.05, 3.63) is 61.5 Å². The van der Waals surface area contributed by atoms with Gasteiger partial charge in [-0.2, -0.15) is 0 Å². The number of amides is 1. The lowest BCUT2D eigenvalue weighted by atomic mass is 10.1. The third-order valence-corrected chi connectivity index (χ3v) is 5.25. The molecule has 0 aliphatic carbocycles. The summed E-state index contributed by atoms with van der Waals surface area (Å²) in [5.41, 5.74) is 0.819. The Labute approximate surface area is 163 Å². The number of esters is 1. The molecular weight excluding hydrogens is 390 g/mol. The molecule has 27 heavy (non-hydrogen) atoms. The van der Waals surface area contributed by atoms with Crippen molar-refractivity contribution in [2.75, 3.05) is 7.11 Å². The molecule has 1 amide bonds. The van der Waals surface area contributed by atoms with Crippen LogP contribution in [0.25, 0.3) is 10.2 Å². The first-order chi connectivity index (χ1) is 12.9. The zero-order valence-electron chi connectivity index (χ0n) is 14.6. The molecular formula is C18H16ClN3O4S. The number of aryl methyl sites for hydroxylation is 1. The molecule has 0 spiro atoms. The number of nitrogens with one attached hydrogen (secondary N) is 2. The maximum atomic E-state index is 12.4. The van der Waals surface area contributed by atoms with Gasteiger partial charge in [0.15, 0.2) is 0 Å². The number of thiophene rings is 1. The number of methoxy groups -OCH3 is 1. The molecule has 2 aromatic heterocycles. The maximum Gasteiger partial charge on any atom is 0.348 e. The Balaban J connectivity index is 1.88. The summed E-state index contributed by atoms with van der Waals surface area (Å²) in [4.78, 5) is 44.3. The van der Waals surface area contributed by atoms with Gasteiger partial charge in [-0.25, -0.2) is 9.78 Å². The predicted octanol–water partition coefficient (Wildman–Crippen LogP) is 2.59. The number of H-pyrrole nitrogens is 1. The van der Waals surface area contributed by atoms with E-state index >= 15 is 0 Å². The molecule has 1 aromatic carbocycles. The van der Waals surface area contributed by atoms with E-state index in [0.717, 1.165) is 16.9 Å². The fourth-order valence-electron chi connectivity index (χ4n) is 2.62. The number of rotatable bonds is 5. The van der Waals surface area contributed by atoms with Gasteiger partial charge in [-0.05, 0) is 24.6 Å². The number of carbonyl (C=O) groups excluding carboxylic acids is 2. The summed E-state index contributed by atoms with van der Waals surface area (Å²) >= 11 is 6.89. The summed E-state index contributed by atoms with van der Waals surface area (Å²) in [5, 5.41) is 3.63. The van der Waals surface area contributed by atoms with E-state index in [1.54, 1.807) is 31.2 Å². The zero-order chi connectivity index (χ0) is 19.6. The summed E-state index contributed by atoms with van der Waals surface area (Å²) in [6.45, 7) is 1.95. The minimum Gasteiger partial charge on any atom is -0.465 e. The Bertz CT molecular complexity index is 1070. The molecule has 2 heterocycles. The number of hydrogen-bond donors (Lipinski definition) is 2. The van der Waals surface area contributed by atoms with E-state index < -0.39 is 5.97 Å². The molecule has 0 saturated carbocycles. The van der Waals surface area contributed by atoms with E-state index in [0.29, 0.717) is 27.8 Å². The van der Waals surface area contributed by atoms with Crippen molar-refractivity contribution in [2.24, 2.45) is 0 Å². The van der Waals surface area contributed by atoms with Crippen LogP contribution in [0.15, 0.2) is 29.1 Å². The number of ether oxygens (including phenoxy) is 1. The van der Waals surface area contributed by atoms with E-state index in [-0.39, 0.29) is 28.2 Å². The largest absolute Gasteiger partial charge is 0.465 e. The van der Waals surface area contributed by atoms with Crippen LogP contribution in [-0.4, -0.2) is 29.0 Å². The average molecular weight is 406 g/mol. The molecule has 3 aromatic rings. The first kappa shape index (κ1) is 19.1. The van der Waals surface area contributed by atoms with Crippen LogP contribution in [0.2, 0.25) is 5.02 Å². The third kappa shape index (κ3) is 4.17. The van der Waals surface area contributed by atoms with E-state index in [1.807, 2.05) is 0 Å². The summed E-state index contributed by atoms with van der Waals surface area (Å²) in [5.74, 6) is -0.491. The van der Waals surface area contributed by atoms with Crippen molar-refractivity contribution in [1.82, 2.24) is 15.3 Å². The minimum atomic E-state index is -0.601. The van der Waals surface area contributed by atoms with E-state index in [4.69, 9.17) is 16.3 Å². The van der Waals surface area contributed by atoms with E-state index in [9.17, 15) is 14.4 Å². The number of benzene rings is 1. The second-order valence-corrected chi connectivity index (χ2v) is 7.25. The van der Waals surface area contributed by atoms with Crippen LogP contribution in [-0.2, 0) is 22.5 Å². The van der Waals surface area contributed by atoms with Crippen molar-refractivity contribution < 1.29 is 14.3 Å². The van der Waals surface area contributed by atoms with Crippen molar-refractivity contribution in [3.63, 3.8) is 0 Å². The molecule has 0 aliphatic rings. The number of carbonyl (C=O) groups is 2. The van der Waals surface area contributed by atoms with Gasteiger partial charge in [0, 0.05) is 17.1 Å². The SMILES string of the molecule is COC(=O)c1sc2nc(C)[nH]c(=O)c2c1CC(=O)NCc1ccc(Cl)cc1. The lowest BCUT2D eigenvalue weighted by Crippen LogP contribution is -2.25. The highest BCUT2D eigenvalue weighted by atomic mass is 35.5. The van der Waals surface area contributed by atoms with Crippen LogP contribution in [0.5, 0.6) is 0 Å². The third-order valence-electron chi connectivity index (χ3n) is 3.89. The van der Waals surface area contributed by atoms with Gasteiger partial charge >= 0.3 is 5.97 Å².